The van der Waals surface area contributed by atoms with Crippen LogP contribution >= 0.6 is 0 Å². The zero-order valence-corrected chi connectivity index (χ0v) is 23.8. The smallest absolute Gasteiger partial charge is 0.151 e. The van der Waals surface area contributed by atoms with E-state index in [1.54, 1.807) is 14.2 Å². The van der Waals surface area contributed by atoms with Gasteiger partial charge in [-0.3, -0.25) is 9.80 Å². The van der Waals surface area contributed by atoms with Gasteiger partial charge in [-0.05, 0) is 24.6 Å². The summed E-state index contributed by atoms with van der Waals surface area (Å²) in [4.78, 5) is 11.0. The van der Waals surface area contributed by atoms with E-state index in [0.717, 1.165) is 67.6 Å². The summed E-state index contributed by atoms with van der Waals surface area (Å²) in [5, 5.41) is 4.52. The fourth-order valence-corrected chi connectivity index (χ4v) is 5.47. The molecular weight excluding hydrogens is 510 g/mol. The number of rotatable bonds is 13. The molecule has 9 nitrogen and oxygen atoms in total. The highest BCUT2D eigenvalue weighted by molar-refractivity contribution is 6.06. The molecule has 0 aromatic heterocycles. The number of hydrogen-bond donors (Lipinski definition) is 0. The predicted octanol–water partition coefficient (Wildman–Crippen LogP) is 3.66. The Hall–Kier alpha value is -2.95. The molecule has 216 valence electrons. The molecule has 3 aliphatic heterocycles. The molecule has 0 amide bonds. The number of ether oxygens (including phenoxy) is 5. The van der Waals surface area contributed by atoms with Gasteiger partial charge in [0.2, 0.25) is 0 Å². The lowest BCUT2D eigenvalue weighted by molar-refractivity contribution is -0.0728. The monoisotopic (exact) mass is 551 g/mol. The fourth-order valence-electron chi connectivity index (χ4n) is 5.47. The Morgan fingerprint density at radius 2 is 1.82 bits per heavy atom. The van der Waals surface area contributed by atoms with Gasteiger partial charge in [0.1, 0.15) is 30.6 Å². The van der Waals surface area contributed by atoms with E-state index in [9.17, 15) is 0 Å². The number of benzene rings is 2. The number of fused-ring (bicyclic) bond motifs is 3. The maximum Gasteiger partial charge on any atom is 0.151 e. The first-order valence-electron chi connectivity index (χ1n) is 14.0. The van der Waals surface area contributed by atoms with Crippen LogP contribution in [0.15, 0.2) is 53.2 Å². The minimum Gasteiger partial charge on any atom is -0.496 e. The molecule has 3 heterocycles. The summed E-state index contributed by atoms with van der Waals surface area (Å²) in [5.41, 5.74) is 5.42. The van der Waals surface area contributed by atoms with Crippen molar-refractivity contribution in [3.63, 3.8) is 0 Å². The van der Waals surface area contributed by atoms with Crippen LogP contribution in [0.2, 0.25) is 0 Å². The first kappa shape index (κ1) is 28.6. The number of hydrogen-bond acceptors (Lipinski definition) is 9. The Bertz CT molecular complexity index is 1160. The van der Waals surface area contributed by atoms with E-state index in [4.69, 9.17) is 28.5 Å². The zero-order chi connectivity index (χ0) is 27.7. The van der Waals surface area contributed by atoms with Crippen molar-refractivity contribution in [3.8, 4) is 11.5 Å². The molecule has 0 radical (unpaired) electrons. The predicted molar refractivity (Wildman–Crippen MR) is 154 cm³/mol. The van der Waals surface area contributed by atoms with E-state index in [1.165, 1.54) is 11.1 Å². The topological polar surface area (TPSA) is 74.2 Å². The molecule has 2 unspecified atom stereocenters. The second-order valence-electron chi connectivity index (χ2n) is 10.5. The van der Waals surface area contributed by atoms with Gasteiger partial charge in [0.05, 0.1) is 32.8 Å². The Labute approximate surface area is 237 Å². The van der Waals surface area contributed by atoms with Crippen molar-refractivity contribution in [2.75, 3.05) is 80.1 Å². The SMILES string of the molecule is COCCOCOCc1cc2c(cc1OC)C1=NOC(CN3CCN(CC(C)=Cc4ccccc4)CC3)C1CO2. The van der Waals surface area contributed by atoms with Crippen molar-refractivity contribution in [1.29, 1.82) is 0 Å². The molecule has 40 heavy (non-hydrogen) atoms. The summed E-state index contributed by atoms with van der Waals surface area (Å²) < 4.78 is 27.9. The van der Waals surface area contributed by atoms with Crippen LogP contribution in [-0.4, -0.2) is 102 Å². The summed E-state index contributed by atoms with van der Waals surface area (Å²) in [6.45, 7) is 10.3. The van der Waals surface area contributed by atoms with Crippen LogP contribution in [0.4, 0.5) is 0 Å². The lowest BCUT2D eigenvalue weighted by atomic mass is 9.89. The van der Waals surface area contributed by atoms with Gasteiger partial charge in [-0.2, -0.15) is 0 Å². The largest absolute Gasteiger partial charge is 0.496 e. The molecule has 9 heteroatoms. The molecule has 1 fully saturated rings. The summed E-state index contributed by atoms with van der Waals surface area (Å²) in [7, 11) is 3.30. The lowest BCUT2D eigenvalue weighted by Gasteiger charge is -2.36. The number of nitrogens with zero attached hydrogens (tertiary/aromatic N) is 3. The van der Waals surface area contributed by atoms with Gasteiger partial charge in [0.15, 0.2) is 6.10 Å². The van der Waals surface area contributed by atoms with Crippen molar-refractivity contribution < 1.29 is 28.5 Å². The van der Waals surface area contributed by atoms with E-state index in [2.05, 4.69) is 58.3 Å². The van der Waals surface area contributed by atoms with Crippen LogP contribution in [0.1, 0.15) is 23.6 Å². The van der Waals surface area contributed by atoms with Crippen molar-refractivity contribution >= 4 is 11.8 Å². The first-order chi connectivity index (χ1) is 19.6. The minimum atomic E-state index is -0.0207. The Morgan fingerprint density at radius 1 is 1.02 bits per heavy atom. The van der Waals surface area contributed by atoms with Crippen molar-refractivity contribution in [2.45, 2.75) is 19.6 Å². The molecule has 1 saturated heterocycles. The van der Waals surface area contributed by atoms with Gasteiger partial charge >= 0.3 is 0 Å². The van der Waals surface area contributed by atoms with E-state index in [1.807, 2.05) is 12.1 Å². The highest BCUT2D eigenvalue weighted by atomic mass is 16.7. The van der Waals surface area contributed by atoms with E-state index < -0.39 is 0 Å². The fraction of sp³-hybridized carbons (Fsp3) is 0.516. The number of oxime groups is 1. The third kappa shape index (κ3) is 7.21. The van der Waals surface area contributed by atoms with Crippen LogP contribution in [0, 0.1) is 5.92 Å². The normalized spacial score (nSPS) is 21.3. The van der Waals surface area contributed by atoms with Crippen LogP contribution in [0.25, 0.3) is 6.08 Å². The quantitative estimate of drug-likeness (QED) is 0.276. The highest BCUT2D eigenvalue weighted by Gasteiger charge is 2.41. The first-order valence-corrected chi connectivity index (χ1v) is 14.0. The van der Waals surface area contributed by atoms with E-state index in [-0.39, 0.29) is 18.8 Å². The number of piperazine rings is 1. The molecular formula is C31H41N3O6. The Kier molecular flexibility index (Phi) is 10.1. The molecule has 0 aliphatic carbocycles. The van der Waals surface area contributed by atoms with Crippen molar-refractivity contribution in [1.82, 2.24) is 9.80 Å². The van der Waals surface area contributed by atoms with Gasteiger partial charge in [-0.15, -0.1) is 0 Å². The van der Waals surface area contributed by atoms with Gasteiger partial charge < -0.3 is 28.5 Å². The van der Waals surface area contributed by atoms with Crippen molar-refractivity contribution in [3.05, 3.63) is 64.7 Å². The van der Waals surface area contributed by atoms with Gasteiger partial charge in [0.25, 0.3) is 0 Å². The van der Waals surface area contributed by atoms with Crippen LogP contribution in [0.3, 0.4) is 0 Å². The van der Waals surface area contributed by atoms with E-state index >= 15 is 0 Å². The third-order valence-corrected chi connectivity index (χ3v) is 7.61. The molecule has 2 aromatic carbocycles. The standard InChI is InChI=1S/C31H41N3O6/c1-23(15-24-7-5-4-6-8-24)18-33-9-11-34(12-10-33)19-30-27-21-39-29-16-25(20-38-22-37-14-13-35-2)28(36-3)17-26(29)31(27)32-40-30/h4-8,15-17,27,30H,9-14,18-22H2,1-3H3. The highest BCUT2D eigenvalue weighted by Crippen LogP contribution is 2.38. The summed E-state index contributed by atoms with van der Waals surface area (Å²) in [6, 6.07) is 14.5. The molecule has 5 rings (SSSR count). The molecule has 0 N–H and O–H groups in total. The third-order valence-electron chi connectivity index (χ3n) is 7.61. The molecule has 3 aliphatic rings. The molecule has 2 aromatic rings. The summed E-state index contributed by atoms with van der Waals surface area (Å²) in [6.07, 6.45) is 2.26. The molecule has 2 atom stereocenters. The maximum absolute atomic E-state index is 6.21. The Morgan fingerprint density at radius 3 is 2.60 bits per heavy atom. The van der Waals surface area contributed by atoms with Gasteiger partial charge in [-0.25, -0.2) is 0 Å². The second kappa shape index (κ2) is 14.1. The molecule has 0 saturated carbocycles. The zero-order valence-electron chi connectivity index (χ0n) is 23.8. The van der Waals surface area contributed by atoms with E-state index in [0.29, 0.717) is 26.4 Å². The maximum atomic E-state index is 6.21. The molecule has 0 bridgehead atoms. The average molecular weight is 552 g/mol. The second-order valence-corrected chi connectivity index (χ2v) is 10.5. The van der Waals surface area contributed by atoms with Crippen LogP contribution in [-0.2, 0) is 25.7 Å². The number of methoxy groups -OCH3 is 2. The minimum absolute atomic E-state index is 0.0207. The van der Waals surface area contributed by atoms with Crippen LogP contribution in [0.5, 0.6) is 11.5 Å². The Balaban J connectivity index is 1.12. The van der Waals surface area contributed by atoms with Crippen LogP contribution < -0.4 is 9.47 Å². The van der Waals surface area contributed by atoms with Crippen molar-refractivity contribution in [2.24, 2.45) is 11.1 Å². The summed E-state index contributed by atoms with van der Waals surface area (Å²) in [5.74, 6) is 1.62. The van der Waals surface area contributed by atoms with Gasteiger partial charge in [-0.1, -0.05) is 47.1 Å². The summed E-state index contributed by atoms with van der Waals surface area (Å²) >= 11 is 0. The molecule has 0 spiro atoms. The van der Waals surface area contributed by atoms with Gasteiger partial charge in [0, 0.05) is 57.5 Å². The average Bonchev–Trinajstić information content (AvgIpc) is 3.39. The lowest BCUT2D eigenvalue weighted by Crippen LogP contribution is -2.50.